The van der Waals surface area contributed by atoms with Crippen LogP contribution in [0.4, 0.5) is 4.39 Å². The van der Waals surface area contributed by atoms with Crippen molar-refractivity contribution >= 4 is 9.84 Å². The highest BCUT2D eigenvalue weighted by Crippen LogP contribution is 2.12. The van der Waals surface area contributed by atoms with Crippen molar-refractivity contribution < 1.29 is 17.9 Å². The number of hydrogen-bond donors (Lipinski definition) is 1. The predicted molar refractivity (Wildman–Crippen MR) is 81.0 cm³/mol. The van der Waals surface area contributed by atoms with Gasteiger partial charge in [0.1, 0.15) is 15.7 Å². The van der Waals surface area contributed by atoms with E-state index >= 15 is 0 Å². The molecule has 0 aromatic heterocycles. The van der Waals surface area contributed by atoms with Crippen molar-refractivity contribution in [3.05, 3.63) is 35.1 Å². The van der Waals surface area contributed by atoms with Crippen molar-refractivity contribution in [1.29, 1.82) is 0 Å². The van der Waals surface area contributed by atoms with Gasteiger partial charge in [-0.3, -0.25) is 0 Å². The molecule has 0 atom stereocenters. The summed E-state index contributed by atoms with van der Waals surface area (Å²) in [5.41, 5.74) is 1.06. The second kappa shape index (κ2) is 8.13. The van der Waals surface area contributed by atoms with Gasteiger partial charge in [-0.1, -0.05) is 17.9 Å². The van der Waals surface area contributed by atoms with Gasteiger partial charge in [0, 0.05) is 36.9 Å². The van der Waals surface area contributed by atoms with Crippen LogP contribution in [0.2, 0.25) is 0 Å². The summed E-state index contributed by atoms with van der Waals surface area (Å²) >= 11 is 0. The third-order valence-electron chi connectivity index (χ3n) is 2.81. The molecule has 0 amide bonds. The molecular weight excluding hydrogens is 293 g/mol. The zero-order valence-corrected chi connectivity index (χ0v) is 13.1. The van der Waals surface area contributed by atoms with Crippen LogP contribution in [0.1, 0.15) is 17.5 Å². The summed E-state index contributed by atoms with van der Waals surface area (Å²) in [7, 11) is -1.27. The standard InChI is InChI=1S/C15H20FNO3S/c1-17(8-10-21(2,19)20)12-14-7-6-13(11-15(14)16)5-3-4-9-18/h6-7,11,18H,4,8-10,12H2,1-2H3. The molecule has 0 aliphatic rings. The van der Waals surface area contributed by atoms with Gasteiger partial charge in [0.15, 0.2) is 0 Å². The van der Waals surface area contributed by atoms with E-state index in [9.17, 15) is 12.8 Å². The Morgan fingerprint density at radius 1 is 1.38 bits per heavy atom. The largest absolute Gasteiger partial charge is 0.395 e. The van der Waals surface area contributed by atoms with E-state index in [4.69, 9.17) is 5.11 Å². The first-order valence-corrected chi connectivity index (χ1v) is 8.62. The lowest BCUT2D eigenvalue weighted by molar-refractivity contribution is 0.305. The highest BCUT2D eigenvalue weighted by Gasteiger charge is 2.09. The van der Waals surface area contributed by atoms with Gasteiger partial charge in [-0.15, -0.1) is 0 Å². The summed E-state index contributed by atoms with van der Waals surface area (Å²) < 4.78 is 36.1. The van der Waals surface area contributed by atoms with Crippen LogP contribution < -0.4 is 0 Å². The molecule has 4 nitrogen and oxygen atoms in total. The maximum atomic E-state index is 13.9. The molecule has 0 heterocycles. The van der Waals surface area contributed by atoms with E-state index in [-0.39, 0.29) is 18.2 Å². The third kappa shape index (κ3) is 7.23. The SMILES string of the molecule is CN(CCS(C)(=O)=O)Cc1ccc(C#CCCO)cc1F. The first-order valence-electron chi connectivity index (χ1n) is 6.56. The average molecular weight is 313 g/mol. The molecule has 0 saturated heterocycles. The van der Waals surface area contributed by atoms with E-state index in [2.05, 4.69) is 11.8 Å². The summed E-state index contributed by atoms with van der Waals surface area (Å²) in [6.45, 7) is 0.681. The first-order chi connectivity index (χ1) is 9.81. The summed E-state index contributed by atoms with van der Waals surface area (Å²) in [5, 5.41) is 8.62. The van der Waals surface area contributed by atoms with E-state index in [0.717, 1.165) is 0 Å². The minimum atomic E-state index is -3.02. The van der Waals surface area contributed by atoms with Crippen molar-refractivity contribution in [3.8, 4) is 11.8 Å². The second-order valence-electron chi connectivity index (χ2n) is 4.95. The Morgan fingerprint density at radius 2 is 2.10 bits per heavy atom. The molecule has 1 aromatic rings. The van der Waals surface area contributed by atoms with Crippen LogP contribution >= 0.6 is 0 Å². The molecule has 116 valence electrons. The van der Waals surface area contributed by atoms with Crippen molar-refractivity contribution in [2.75, 3.05) is 32.2 Å². The summed E-state index contributed by atoms with van der Waals surface area (Å²) in [4.78, 5) is 1.76. The lowest BCUT2D eigenvalue weighted by Gasteiger charge is -2.16. The van der Waals surface area contributed by atoms with Crippen molar-refractivity contribution in [3.63, 3.8) is 0 Å². The first kappa shape index (κ1) is 17.6. The number of aliphatic hydroxyl groups excluding tert-OH is 1. The van der Waals surface area contributed by atoms with E-state index in [1.165, 1.54) is 12.3 Å². The van der Waals surface area contributed by atoms with E-state index in [1.54, 1.807) is 24.1 Å². The van der Waals surface area contributed by atoms with Gasteiger partial charge >= 0.3 is 0 Å². The molecule has 0 radical (unpaired) electrons. The van der Waals surface area contributed by atoms with Gasteiger partial charge in [-0.2, -0.15) is 0 Å². The Kier molecular flexibility index (Phi) is 6.82. The summed E-state index contributed by atoms with van der Waals surface area (Å²) in [6, 6.07) is 4.71. The number of rotatable bonds is 6. The summed E-state index contributed by atoms with van der Waals surface area (Å²) in [5.74, 6) is 5.19. The van der Waals surface area contributed by atoms with Gasteiger partial charge < -0.3 is 10.0 Å². The molecule has 6 heteroatoms. The Labute approximate surface area is 125 Å². The van der Waals surface area contributed by atoms with Gasteiger partial charge in [0.05, 0.1) is 12.4 Å². The monoisotopic (exact) mass is 313 g/mol. The van der Waals surface area contributed by atoms with Gasteiger partial charge in [0.2, 0.25) is 0 Å². The molecule has 0 spiro atoms. The number of aliphatic hydroxyl groups is 1. The van der Waals surface area contributed by atoms with Gasteiger partial charge in [-0.05, 0) is 19.2 Å². The zero-order valence-electron chi connectivity index (χ0n) is 12.3. The number of hydrogen-bond acceptors (Lipinski definition) is 4. The molecule has 1 N–H and O–H groups in total. The molecule has 0 aliphatic heterocycles. The normalized spacial score (nSPS) is 11.3. The topological polar surface area (TPSA) is 57.6 Å². The average Bonchev–Trinajstić information content (AvgIpc) is 2.39. The molecule has 0 aliphatic carbocycles. The number of halogens is 1. The van der Waals surface area contributed by atoms with Gasteiger partial charge in [-0.25, -0.2) is 12.8 Å². The van der Waals surface area contributed by atoms with Crippen LogP contribution in [0, 0.1) is 17.7 Å². The van der Waals surface area contributed by atoms with E-state index in [1.807, 2.05) is 0 Å². The van der Waals surface area contributed by atoms with Gasteiger partial charge in [0.25, 0.3) is 0 Å². The number of sulfone groups is 1. The fraction of sp³-hybridized carbons (Fsp3) is 0.467. The Balaban J connectivity index is 2.66. The van der Waals surface area contributed by atoms with Crippen molar-refractivity contribution in [2.45, 2.75) is 13.0 Å². The smallest absolute Gasteiger partial charge is 0.148 e. The summed E-state index contributed by atoms with van der Waals surface area (Å²) in [6.07, 6.45) is 1.54. The lowest BCUT2D eigenvalue weighted by atomic mass is 10.1. The maximum Gasteiger partial charge on any atom is 0.148 e. The molecule has 0 saturated carbocycles. The Morgan fingerprint density at radius 3 is 2.67 bits per heavy atom. The van der Waals surface area contributed by atoms with Crippen LogP contribution in [0.3, 0.4) is 0 Å². The van der Waals surface area contributed by atoms with E-state index in [0.29, 0.717) is 30.6 Å². The predicted octanol–water partition coefficient (Wildman–Crippen LogP) is 1.04. The molecule has 21 heavy (non-hydrogen) atoms. The third-order valence-corrected chi connectivity index (χ3v) is 3.73. The molecular formula is C15H20FNO3S. The van der Waals surface area contributed by atoms with Crippen LogP contribution in [0.15, 0.2) is 18.2 Å². The highest BCUT2D eigenvalue weighted by atomic mass is 32.2. The lowest BCUT2D eigenvalue weighted by Crippen LogP contribution is -2.25. The van der Waals surface area contributed by atoms with Crippen molar-refractivity contribution in [2.24, 2.45) is 0 Å². The quantitative estimate of drug-likeness (QED) is 0.797. The Bertz CT molecular complexity index is 632. The molecule has 0 unspecified atom stereocenters. The van der Waals surface area contributed by atoms with Crippen molar-refractivity contribution in [1.82, 2.24) is 4.90 Å². The van der Waals surface area contributed by atoms with Crippen LogP contribution in [0.5, 0.6) is 0 Å². The molecule has 1 rings (SSSR count). The number of benzene rings is 1. The van der Waals surface area contributed by atoms with E-state index < -0.39 is 9.84 Å². The minimum Gasteiger partial charge on any atom is -0.395 e. The maximum absolute atomic E-state index is 13.9. The Hall–Kier alpha value is -1.42. The zero-order chi connectivity index (χ0) is 15.9. The van der Waals surface area contributed by atoms with Crippen LogP contribution in [-0.2, 0) is 16.4 Å². The fourth-order valence-corrected chi connectivity index (χ4v) is 2.31. The van der Waals surface area contributed by atoms with Crippen LogP contribution in [-0.4, -0.2) is 50.6 Å². The number of nitrogens with zero attached hydrogens (tertiary/aromatic N) is 1. The van der Waals surface area contributed by atoms with Crippen LogP contribution in [0.25, 0.3) is 0 Å². The second-order valence-corrected chi connectivity index (χ2v) is 7.21. The fourth-order valence-electron chi connectivity index (χ4n) is 1.67. The highest BCUT2D eigenvalue weighted by molar-refractivity contribution is 7.90. The molecule has 0 fully saturated rings. The minimum absolute atomic E-state index is 0.0152. The molecule has 1 aromatic carbocycles. The molecule has 0 bridgehead atoms.